The Balaban J connectivity index is 1.82. The van der Waals surface area contributed by atoms with Crippen LogP contribution in [0.5, 0.6) is 5.75 Å². The number of ketones is 2. The molecule has 0 radical (unpaired) electrons. The lowest BCUT2D eigenvalue weighted by Gasteiger charge is -2.44. The summed E-state index contributed by atoms with van der Waals surface area (Å²) in [7, 11) is 0. The van der Waals surface area contributed by atoms with Gasteiger partial charge in [-0.3, -0.25) is 9.59 Å². The summed E-state index contributed by atoms with van der Waals surface area (Å²) in [5.74, 6) is 0.755. The predicted molar refractivity (Wildman–Crippen MR) is 118 cm³/mol. The summed E-state index contributed by atoms with van der Waals surface area (Å²) in [6.45, 7) is 12.7. The van der Waals surface area contributed by atoms with Crippen molar-refractivity contribution in [1.82, 2.24) is 5.32 Å². The van der Waals surface area contributed by atoms with Gasteiger partial charge in [-0.15, -0.1) is 0 Å². The summed E-state index contributed by atoms with van der Waals surface area (Å²) < 4.78 is 5.62. The maximum absolute atomic E-state index is 13.3. The highest BCUT2D eigenvalue weighted by atomic mass is 16.5. The van der Waals surface area contributed by atoms with Crippen molar-refractivity contribution < 1.29 is 14.3 Å². The summed E-state index contributed by atoms with van der Waals surface area (Å²) in [6, 6.07) is 7.80. The number of rotatable bonds is 4. The lowest BCUT2D eigenvalue weighted by molar-refractivity contribution is -0.119. The average molecular weight is 406 g/mol. The van der Waals surface area contributed by atoms with Crippen molar-refractivity contribution in [2.45, 2.75) is 59.3 Å². The molecule has 0 atom stereocenters. The minimum atomic E-state index is -0.295. The second kappa shape index (κ2) is 7.26. The molecule has 2 aliphatic carbocycles. The number of ether oxygens (including phenoxy) is 1. The van der Waals surface area contributed by atoms with Gasteiger partial charge >= 0.3 is 0 Å². The molecule has 1 aliphatic heterocycles. The molecule has 0 amide bonds. The average Bonchev–Trinajstić information content (AvgIpc) is 2.63. The quantitative estimate of drug-likeness (QED) is 0.698. The lowest BCUT2D eigenvalue weighted by atomic mass is 9.64. The van der Waals surface area contributed by atoms with Gasteiger partial charge in [-0.05, 0) is 41.4 Å². The van der Waals surface area contributed by atoms with Gasteiger partial charge in [0.25, 0.3) is 0 Å². The molecule has 4 heteroatoms. The Hall–Kier alpha value is -2.62. The third kappa shape index (κ3) is 3.76. The van der Waals surface area contributed by atoms with E-state index < -0.39 is 0 Å². The molecule has 4 rings (SSSR count). The maximum Gasteiger partial charge on any atom is 0.162 e. The molecule has 0 aromatic heterocycles. The Bertz CT molecular complexity index is 924. The van der Waals surface area contributed by atoms with Gasteiger partial charge in [-0.2, -0.15) is 0 Å². The molecule has 1 N–H and O–H groups in total. The first-order chi connectivity index (χ1) is 14.1. The topological polar surface area (TPSA) is 55.4 Å². The molecular weight excluding hydrogens is 374 g/mol. The van der Waals surface area contributed by atoms with Crippen LogP contribution in [0.1, 0.15) is 64.9 Å². The Labute approximate surface area is 179 Å². The highest BCUT2D eigenvalue weighted by Crippen LogP contribution is 2.51. The summed E-state index contributed by atoms with van der Waals surface area (Å²) in [4.78, 5) is 26.6. The molecule has 1 heterocycles. The molecule has 0 spiro atoms. The second-order valence-electron chi connectivity index (χ2n) is 10.4. The van der Waals surface area contributed by atoms with E-state index in [2.05, 4.69) is 39.6 Å². The number of benzene rings is 1. The molecule has 0 saturated carbocycles. The normalized spacial score (nSPS) is 22.9. The van der Waals surface area contributed by atoms with E-state index >= 15 is 0 Å². The molecule has 0 fully saturated rings. The van der Waals surface area contributed by atoms with E-state index in [1.807, 2.05) is 24.3 Å². The first-order valence-corrected chi connectivity index (χ1v) is 10.7. The van der Waals surface area contributed by atoms with Gasteiger partial charge in [0.2, 0.25) is 0 Å². The van der Waals surface area contributed by atoms with E-state index in [-0.39, 0.29) is 28.3 Å². The first-order valence-electron chi connectivity index (χ1n) is 10.7. The van der Waals surface area contributed by atoms with Crippen molar-refractivity contribution in [3.8, 4) is 5.75 Å². The molecule has 3 aliphatic rings. The largest absolute Gasteiger partial charge is 0.490 e. The van der Waals surface area contributed by atoms with Gasteiger partial charge in [0.1, 0.15) is 12.4 Å². The second-order valence-corrected chi connectivity index (χ2v) is 10.4. The number of allylic oxidation sites excluding steroid dienone is 4. The van der Waals surface area contributed by atoms with Gasteiger partial charge in [0, 0.05) is 41.3 Å². The number of hydrogen-bond acceptors (Lipinski definition) is 4. The summed E-state index contributed by atoms with van der Waals surface area (Å²) in [5, 5.41) is 3.55. The van der Waals surface area contributed by atoms with E-state index in [1.54, 1.807) is 6.08 Å². The number of Topliss-reactive ketones (excluding diaryl/α,β-unsaturated/α-hetero) is 2. The van der Waals surface area contributed by atoms with Crippen LogP contribution in [0.4, 0.5) is 0 Å². The fourth-order valence-electron chi connectivity index (χ4n) is 5.13. The fourth-order valence-corrected chi connectivity index (χ4v) is 5.13. The van der Waals surface area contributed by atoms with Crippen LogP contribution in [0, 0.1) is 10.8 Å². The molecule has 1 aromatic carbocycles. The maximum atomic E-state index is 13.3. The highest BCUT2D eigenvalue weighted by Gasteiger charge is 2.46. The van der Waals surface area contributed by atoms with Gasteiger partial charge in [0.15, 0.2) is 11.6 Å². The fraction of sp³-hybridized carbons (Fsp3) is 0.462. The third-order valence-corrected chi connectivity index (χ3v) is 6.30. The summed E-state index contributed by atoms with van der Waals surface area (Å²) in [6.07, 6.45) is 4.35. The third-order valence-electron chi connectivity index (χ3n) is 6.30. The molecule has 0 unspecified atom stereocenters. The smallest absolute Gasteiger partial charge is 0.162 e. The number of dihydropyridines is 1. The molecule has 0 saturated heterocycles. The minimum absolute atomic E-state index is 0.0812. The van der Waals surface area contributed by atoms with Crippen LogP contribution in [-0.2, 0) is 9.59 Å². The van der Waals surface area contributed by atoms with Crippen molar-refractivity contribution in [2.75, 3.05) is 6.61 Å². The van der Waals surface area contributed by atoms with Crippen molar-refractivity contribution >= 4 is 11.6 Å². The number of nitrogens with one attached hydrogen (secondary N) is 1. The summed E-state index contributed by atoms with van der Waals surface area (Å²) in [5.41, 5.74) is 4.37. The highest BCUT2D eigenvalue weighted by molar-refractivity contribution is 6.06. The molecular formula is C26H31NO3. The Morgan fingerprint density at radius 1 is 0.933 bits per heavy atom. The van der Waals surface area contributed by atoms with E-state index in [1.165, 1.54) is 0 Å². The number of carbonyl (C=O) groups excluding carboxylic acids is 2. The van der Waals surface area contributed by atoms with Crippen LogP contribution in [0.15, 0.2) is 59.5 Å². The number of hydrogen-bond donors (Lipinski definition) is 1. The zero-order valence-corrected chi connectivity index (χ0v) is 18.4. The predicted octanol–water partition coefficient (Wildman–Crippen LogP) is 5.22. The Morgan fingerprint density at radius 3 is 1.90 bits per heavy atom. The van der Waals surface area contributed by atoms with Crippen molar-refractivity contribution in [3.63, 3.8) is 0 Å². The van der Waals surface area contributed by atoms with Gasteiger partial charge in [-0.25, -0.2) is 0 Å². The lowest BCUT2D eigenvalue weighted by Crippen LogP contribution is -2.42. The molecule has 158 valence electrons. The molecule has 4 nitrogen and oxygen atoms in total. The van der Waals surface area contributed by atoms with E-state index in [4.69, 9.17) is 4.74 Å². The Morgan fingerprint density at radius 2 is 1.43 bits per heavy atom. The van der Waals surface area contributed by atoms with Crippen molar-refractivity contribution in [2.24, 2.45) is 10.8 Å². The zero-order chi connectivity index (χ0) is 21.7. The van der Waals surface area contributed by atoms with Gasteiger partial charge in [0.05, 0.1) is 0 Å². The van der Waals surface area contributed by atoms with E-state index in [9.17, 15) is 9.59 Å². The first kappa shape index (κ1) is 20.6. The summed E-state index contributed by atoms with van der Waals surface area (Å²) >= 11 is 0. The Kier molecular flexibility index (Phi) is 5.00. The van der Waals surface area contributed by atoms with Crippen molar-refractivity contribution in [1.29, 1.82) is 0 Å². The molecule has 1 aromatic rings. The van der Waals surface area contributed by atoms with E-state index in [0.29, 0.717) is 19.4 Å². The minimum Gasteiger partial charge on any atom is -0.490 e. The van der Waals surface area contributed by atoms with Gasteiger partial charge in [-0.1, -0.05) is 52.5 Å². The van der Waals surface area contributed by atoms with Crippen LogP contribution >= 0.6 is 0 Å². The van der Waals surface area contributed by atoms with Crippen LogP contribution in [0.2, 0.25) is 0 Å². The van der Waals surface area contributed by atoms with Crippen molar-refractivity contribution in [3.05, 3.63) is 65.0 Å². The molecule has 30 heavy (non-hydrogen) atoms. The van der Waals surface area contributed by atoms with Crippen LogP contribution in [-0.4, -0.2) is 18.2 Å². The van der Waals surface area contributed by atoms with Gasteiger partial charge < -0.3 is 10.1 Å². The van der Waals surface area contributed by atoms with Crippen LogP contribution in [0.3, 0.4) is 0 Å². The van der Waals surface area contributed by atoms with Crippen LogP contribution in [0.25, 0.3) is 0 Å². The van der Waals surface area contributed by atoms with E-state index in [0.717, 1.165) is 46.7 Å². The monoisotopic (exact) mass is 405 g/mol. The molecule has 0 bridgehead atoms. The number of carbonyl (C=O) groups is 2. The van der Waals surface area contributed by atoms with Crippen LogP contribution < -0.4 is 10.1 Å². The zero-order valence-electron chi connectivity index (χ0n) is 18.4. The standard InChI is InChI=1S/C26H31NO3/c1-6-11-30-17-9-7-16(8-10-17)22-23-18(12-25(2,3)14-20(23)28)27-19-13-26(4,5)15-21(29)24(19)22/h6-10,22,27H,1,11-15H2,2-5H3. The SMILES string of the molecule is C=CCOc1ccc(C2C3=C(CC(C)(C)CC3=O)NC3=C2C(=O)CC(C)(C)C3)cc1.